The fraction of sp³-hybridized carbons (Fsp3) is 0.593. The number of benzene rings is 1. The van der Waals surface area contributed by atoms with Crippen molar-refractivity contribution in [2.45, 2.75) is 46.2 Å². The van der Waals surface area contributed by atoms with E-state index in [2.05, 4.69) is 15.5 Å². The van der Waals surface area contributed by atoms with Gasteiger partial charge in [-0.2, -0.15) is 0 Å². The Balaban J connectivity index is 1.94. The van der Waals surface area contributed by atoms with Crippen LogP contribution in [0.2, 0.25) is 0 Å². The van der Waals surface area contributed by atoms with Gasteiger partial charge in [-0.3, -0.25) is 9.80 Å². The Morgan fingerprint density at radius 3 is 2.26 bits per heavy atom. The number of nitrogens with zero attached hydrogens (tertiary/aromatic N) is 3. The van der Waals surface area contributed by atoms with Crippen LogP contribution in [0, 0.1) is 0 Å². The third kappa shape index (κ3) is 6.69. The minimum atomic E-state index is -0.724. The molecule has 0 aliphatic carbocycles. The van der Waals surface area contributed by atoms with Gasteiger partial charge in [0, 0.05) is 50.5 Å². The van der Waals surface area contributed by atoms with Crippen LogP contribution in [0.3, 0.4) is 0 Å². The van der Waals surface area contributed by atoms with E-state index in [0.29, 0.717) is 67.6 Å². The Labute approximate surface area is 225 Å². The lowest BCUT2D eigenvalue weighted by Crippen LogP contribution is -2.56. The van der Waals surface area contributed by atoms with Crippen LogP contribution in [0.1, 0.15) is 46.2 Å². The van der Waals surface area contributed by atoms with E-state index in [1.165, 1.54) is 7.11 Å². The third-order valence-corrected chi connectivity index (χ3v) is 6.51. The normalized spacial score (nSPS) is 18.7. The highest BCUT2D eigenvalue weighted by atomic mass is 16.5. The van der Waals surface area contributed by atoms with Crippen molar-refractivity contribution in [1.82, 2.24) is 25.3 Å². The Kier molecular flexibility index (Phi) is 9.48. The summed E-state index contributed by atoms with van der Waals surface area (Å²) in [6.45, 7) is 12.7. The summed E-state index contributed by atoms with van der Waals surface area (Å²) in [5.74, 6) is 0.555. The maximum Gasteiger partial charge on any atom is 0.338 e. The summed E-state index contributed by atoms with van der Waals surface area (Å²) in [4.78, 5) is 44.7. The standard InChI is InChI=1S/C27H41N5O6/c1-8-32-19(17-30-12-14-31(15-13-30)26(35)29-27(3,4)5)22(24(33)38-9-2)23(28-25(32)34)18-10-11-20(36-6)21(16-18)37-7/h10-11,16,23H,8-9,12-15,17H2,1-7H3,(H,28,34)(H,29,35)/t23-/m0/s1. The Morgan fingerprint density at radius 1 is 1.05 bits per heavy atom. The summed E-state index contributed by atoms with van der Waals surface area (Å²) in [7, 11) is 3.09. The van der Waals surface area contributed by atoms with Crippen LogP contribution < -0.4 is 20.1 Å². The van der Waals surface area contributed by atoms with Gasteiger partial charge < -0.3 is 29.7 Å². The van der Waals surface area contributed by atoms with Crippen molar-refractivity contribution in [2.75, 3.05) is 60.1 Å². The molecule has 1 saturated heterocycles. The Morgan fingerprint density at radius 2 is 1.71 bits per heavy atom. The summed E-state index contributed by atoms with van der Waals surface area (Å²) in [5.41, 5.74) is 1.34. The van der Waals surface area contributed by atoms with Gasteiger partial charge in [-0.25, -0.2) is 14.4 Å². The van der Waals surface area contributed by atoms with Gasteiger partial charge in [0.15, 0.2) is 11.5 Å². The van der Waals surface area contributed by atoms with Gasteiger partial charge in [0.1, 0.15) is 0 Å². The minimum Gasteiger partial charge on any atom is -0.493 e. The number of ether oxygens (including phenoxy) is 3. The Bertz CT molecular complexity index is 1060. The fourth-order valence-corrected chi connectivity index (χ4v) is 4.66. The average Bonchev–Trinajstić information content (AvgIpc) is 2.87. The maximum absolute atomic E-state index is 13.4. The van der Waals surface area contributed by atoms with Gasteiger partial charge in [0.05, 0.1) is 32.4 Å². The molecule has 1 atom stereocenters. The number of piperazine rings is 1. The van der Waals surface area contributed by atoms with E-state index in [-0.39, 0.29) is 24.2 Å². The smallest absolute Gasteiger partial charge is 0.338 e. The summed E-state index contributed by atoms with van der Waals surface area (Å²) in [5, 5.41) is 5.98. The molecule has 11 heteroatoms. The quantitative estimate of drug-likeness (QED) is 0.496. The van der Waals surface area contributed by atoms with E-state index in [0.717, 1.165) is 0 Å². The van der Waals surface area contributed by atoms with E-state index in [1.54, 1.807) is 42.0 Å². The number of urea groups is 2. The van der Waals surface area contributed by atoms with E-state index in [4.69, 9.17) is 14.2 Å². The molecule has 0 radical (unpaired) electrons. The molecule has 1 aromatic rings. The third-order valence-electron chi connectivity index (χ3n) is 6.51. The zero-order valence-corrected chi connectivity index (χ0v) is 23.6. The summed E-state index contributed by atoms with van der Waals surface area (Å²) < 4.78 is 16.3. The van der Waals surface area contributed by atoms with Crippen LogP contribution in [-0.2, 0) is 9.53 Å². The second-order valence-electron chi connectivity index (χ2n) is 10.3. The second kappa shape index (κ2) is 12.4. The number of carbonyl (C=O) groups excluding carboxylic acids is 3. The van der Waals surface area contributed by atoms with E-state index < -0.39 is 12.0 Å². The number of methoxy groups -OCH3 is 2. The van der Waals surface area contributed by atoms with E-state index >= 15 is 0 Å². The molecule has 0 spiro atoms. The largest absolute Gasteiger partial charge is 0.493 e. The van der Waals surface area contributed by atoms with Crippen molar-refractivity contribution >= 4 is 18.0 Å². The SMILES string of the molecule is CCOC(=O)C1=C(CN2CCN(C(=O)NC(C)(C)C)CC2)N(CC)C(=O)N[C@H]1c1ccc(OC)c(OC)c1. The lowest BCUT2D eigenvalue weighted by molar-refractivity contribution is -0.139. The molecule has 11 nitrogen and oxygen atoms in total. The van der Waals surface area contributed by atoms with Gasteiger partial charge >= 0.3 is 18.0 Å². The van der Waals surface area contributed by atoms with Gasteiger partial charge in [-0.05, 0) is 52.3 Å². The lowest BCUT2D eigenvalue weighted by Gasteiger charge is -2.40. The molecule has 38 heavy (non-hydrogen) atoms. The molecule has 210 valence electrons. The molecule has 4 amide bonds. The topological polar surface area (TPSA) is 113 Å². The number of nitrogens with one attached hydrogen (secondary N) is 2. The Hall–Kier alpha value is -3.47. The van der Waals surface area contributed by atoms with Gasteiger partial charge in [-0.15, -0.1) is 0 Å². The van der Waals surface area contributed by atoms with Crippen LogP contribution in [0.5, 0.6) is 11.5 Å². The number of amides is 4. The van der Waals surface area contributed by atoms with Gasteiger partial charge in [-0.1, -0.05) is 6.07 Å². The van der Waals surface area contributed by atoms with Crippen molar-refractivity contribution in [2.24, 2.45) is 0 Å². The van der Waals surface area contributed by atoms with Crippen LogP contribution in [0.15, 0.2) is 29.5 Å². The number of hydrogen-bond donors (Lipinski definition) is 2. The first-order valence-electron chi connectivity index (χ1n) is 13.0. The zero-order chi connectivity index (χ0) is 28.0. The summed E-state index contributed by atoms with van der Waals surface area (Å²) in [6, 6.07) is 4.20. The number of hydrogen-bond acceptors (Lipinski definition) is 7. The van der Waals surface area contributed by atoms with Crippen LogP contribution >= 0.6 is 0 Å². The average molecular weight is 532 g/mol. The molecule has 0 saturated carbocycles. The predicted molar refractivity (Wildman–Crippen MR) is 143 cm³/mol. The molecular weight excluding hydrogens is 490 g/mol. The first-order valence-corrected chi connectivity index (χ1v) is 13.0. The molecule has 1 aromatic carbocycles. The van der Waals surface area contributed by atoms with Crippen molar-refractivity contribution in [3.05, 3.63) is 35.0 Å². The highest BCUT2D eigenvalue weighted by Crippen LogP contribution is 2.36. The fourth-order valence-electron chi connectivity index (χ4n) is 4.66. The first-order chi connectivity index (χ1) is 18.0. The molecule has 2 aliphatic heterocycles. The molecule has 2 aliphatic rings. The van der Waals surface area contributed by atoms with Crippen LogP contribution in [-0.4, -0.2) is 98.4 Å². The number of carbonyl (C=O) groups is 3. The summed E-state index contributed by atoms with van der Waals surface area (Å²) in [6.07, 6.45) is 0. The van der Waals surface area contributed by atoms with Crippen molar-refractivity contribution in [3.8, 4) is 11.5 Å². The maximum atomic E-state index is 13.4. The number of rotatable bonds is 8. The summed E-state index contributed by atoms with van der Waals surface area (Å²) >= 11 is 0. The van der Waals surface area contributed by atoms with Crippen molar-refractivity contribution < 1.29 is 28.6 Å². The number of likely N-dealkylation sites (N-methyl/N-ethyl adjacent to an activating group) is 1. The highest BCUT2D eigenvalue weighted by molar-refractivity contribution is 5.95. The molecule has 0 aromatic heterocycles. The minimum absolute atomic E-state index is 0.0932. The lowest BCUT2D eigenvalue weighted by atomic mass is 9.93. The first kappa shape index (κ1) is 29.1. The molecule has 1 fully saturated rings. The van der Waals surface area contributed by atoms with E-state index in [9.17, 15) is 14.4 Å². The van der Waals surface area contributed by atoms with Crippen molar-refractivity contribution in [1.29, 1.82) is 0 Å². The van der Waals surface area contributed by atoms with Crippen LogP contribution in [0.4, 0.5) is 9.59 Å². The number of esters is 1. The van der Waals surface area contributed by atoms with Crippen LogP contribution in [0.25, 0.3) is 0 Å². The van der Waals surface area contributed by atoms with E-state index in [1.807, 2.05) is 27.7 Å². The van der Waals surface area contributed by atoms with Gasteiger partial charge in [0.2, 0.25) is 0 Å². The molecule has 0 bridgehead atoms. The molecular formula is C27H41N5O6. The van der Waals surface area contributed by atoms with Crippen molar-refractivity contribution in [3.63, 3.8) is 0 Å². The monoisotopic (exact) mass is 531 g/mol. The molecule has 3 rings (SSSR count). The highest BCUT2D eigenvalue weighted by Gasteiger charge is 2.39. The molecule has 2 N–H and O–H groups in total. The molecule has 0 unspecified atom stereocenters. The van der Waals surface area contributed by atoms with Gasteiger partial charge in [0.25, 0.3) is 0 Å². The predicted octanol–water partition coefficient (Wildman–Crippen LogP) is 2.73. The zero-order valence-electron chi connectivity index (χ0n) is 23.6. The molecule has 2 heterocycles. The second-order valence-corrected chi connectivity index (χ2v) is 10.3.